The third-order valence-corrected chi connectivity index (χ3v) is 3.91. The molecule has 1 aromatic rings. The van der Waals surface area contributed by atoms with E-state index in [1.807, 2.05) is 38.1 Å². The summed E-state index contributed by atoms with van der Waals surface area (Å²) in [5.74, 6) is 0.846. The molecule has 21 heavy (non-hydrogen) atoms. The Kier molecular flexibility index (Phi) is 6.03. The zero-order valence-corrected chi connectivity index (χ0v) is 13.3. The van der Waals surface area contributed by atoms with Gasteiger partial charge in [0.1, 0.15) is 5.75 Å². The van der Waals surface area contributed by atoms with Crippen LogP contribution in [0.4, 0.5) is 0 Å². The molecule has 0 aromatic heterocycles. The predicted molar refractivity (Wildman–Crippen MR) is 83.6 cm³/mol. The van der Waals surface area contributed by atoms with Crippen molar-refractivity contribution in [2.45, 2.75) is 44.9 Å². The molecule has 0 bridgehead atoms. The van der Waals surface area contributed by atoms with Gasteiger partial charge in [0.2, 0.25) is 0 Å². The molecule has 0 spiro atoms. The van der Waals surface area contributed by atoms with Crippen LogP contribution in [0.1, 0.15) is 38.4 Å². The maximum atomic E-state index is 10.4. The van der Waals surface area contributed by atoms with Crippen LogP contribution in [-0.4, -0.2) is 49.0 Å². The number of benzene rings is 1. The van der Waals surface area contributed by atoms with Gasteiger partial charge in [0, 0.05) is 25.8 Å². The summed E-state index contributed by atoms with van der Waals surface area (Å²) in [5, 5.41) is 10.4. The number of rotatable bonds is 6. The molecular weight excluding hydrogens is 266 g/mol. The van der Waals surface area contributed by atoms with Crippen molar-refractivity contribution in [3.63, 3.8) is 0 Å². The first-order valence-corrected chi connectivity index (χ1v) is 7.79. The standard InChI is InChI=1S/C17H27NO3/c1-13(2)21-16-6-4-14(5-7-16)17(19)12-18(3)15-8-10-20-11-9-15/h4-7,13,15,17,19H,8-12H2,1-3H3. The van der Waals surface area contributed by atoms with Gasteiger partial charge in [-0.1, -0.05) is 12.1 Å². The van der Waals surface area contributed by atoms with Gasteiger partial charge in [0.15, 0.2) is 0 Å². The summed E-state index contributed by atoms with van der Waals surface area (Å²) in [7, 11) is 2.08. The van der Waals surface area contributed by atoms with Gasteiger partial charge in [-0.3, -0.25) is 0 Å². The van der Waals surface area contributed by atoms with Crippen LogP contribution in [0.15, 0.2) is 24.3 Å². The van der Waals surface area contributed by atoms with Crippen molar-refractivity contribution in [3.05, 3.63) is 29.8 Å². The summed E-state index contributed by atoms with van der Waals surface area (Å²) in [6, 6.07) is 8.25. The van der Waals surface area contributed by atoms with Crippen molar-refractivity contribution >= 4 is 0 Å². The number of ether oxygens (including phenoxy) is 2. The molecule has 1 N–H and O–H groups in total. The van der Waals surface area contributed by atoms with Crippen LogP contribution in [0, 0.1) is 0 Å². The Morgan fingerprint density at radius 3 is 2.43 bits per heavy atom. The summed E-state index contributed by atoms with van der Waals surface area (Å²) in [6.45, 7) is 6.31. The average molecular weight is 293 g/mol. The summed E-state index contributed by atoms with van der Waals surface area (Å²) >= 11 is 0. The van der Waals surface area contributed by atoms with Crippen LogP contribution in [0.5, 0.6) is 5.75 Å². The van der Waals surface area contributed by atoms with E-state index in [1.54, 1.807) is 0 Å². The van der Waals surface area contributed by atoms with Crippen molar-refractivity contribution < 1.29 is 14.6 Å². The highest BCUT2D eigenvalue weighted by atomic mass is 16.5. The monoisotopic (exact) mass is 293 g/mol. The molecule has 1 fully saturated rings. The Labute approximate surface area is 127 Å². The predicted octanol–water partition coefficient (Wildman–Crippen LogP) is 2.62. The van der Waals surface area contributed by atoms with E-state index in [9.17, 15) is 5.11 Å². The Bertz CT molecular complexity index is 413. The molecule has 4 nitrogen and oxygen atoms in total. The minimum atomic E-state index is -0.467. The second-order valence-corrected chi connectivity index (χ2v) is 6.03. The first-order valence-electron chi connectivity index (χ1n) is 7.79. The van der Waals surface area contributed by atoms with E-state index >= 15 is 0 Å². The van der Waals surface area contributed by atoms with Gasteiger partial charge in [-0.15, -0.1) is 0 Å². The average Bonchev–Trinajstić information content (AvgIpc) is 2.48. The normalized spacial score (nSPS) is 18.2. The van der Waals surface area contributed by atoms with Crippen molar-refractivity contribution in [3.8, 4) is 5.75 Å². The zero-order valence-electron chi connectivity index (χ0n) is 13.3. The first-order chi connectivity index (χ1) is 10.1. The molecular formula is C17H27NO3. The second-order valence-electron chi connectivity index (χ2n) is 6.03. The lowest BCUT2D eigenvalue weighted by Crippen LogP contribution is -2.38. The fourth-order valence-electron chi connectivity index (χ4n) is 2.69. The molecule has 1 atom stereocenters. The van der Waals surface area contributed by atoms with E-state index in [2.05, 4.69) is 11.9 Å². The van der Waals surface area contributed by atoms with Crippen LogP contribution in [0.25, 0.3) is 0 Å². The quantitative estimate of drug-likeness (QED) is 0.875. The molecule has 118 valence electrons. The highest BCUT2D eigenvalue weighted by molar-refractivity contribution is 5.28. The highest BCUT2D eigenvalue weighted by Gasteiger charge is 2.21. The second kappa shape index (κ2) is 7.78. The molecule has 1 unspecified atom stereocenters. The van der Waals surface area contributed by atoms with E-state index in [0.717, 1.165) is 37.4 Å². The Balaban J connectivity index is 1.88. The molecule has 1 saturated heterocycles. The van der Waals surface area contributed by atoms with Crippen molar-refractivity contribution in [1.82, 2.24) is 4.90 Å². The molecule has 2 rings (SSSR count). The molecule has 1 heterocycles. The third kappa shape index (κ3) is 4.99. The minimum absolute atomic E-state index is 0.167. The molecule has 1 aliphatic heterocycles. The molecule has 0 aliphatic carbocycles. The highest BCUT2D eigenvalue weighted by Crippen LogP contribution is 2.21. The first kappa shape index (κ1) is 16.3. The Morgan fingerprint density at radius 1 is 1.24 bits per heavy atom. The fourth-order valence-corrected chi connectivity index (χ4v) is 2.69. The van der Waals surface area contributed by atoms with Crippen LogP contribution < -0.4 is 4.74 Å². The van der Waals surface area contributed by atoms with Gasteiger partial charge in [-0.25, -0.2) is 0 Å². The molecule has 1 aromatic carbocycles. The number of hydrogen-bond acceptors (Lipinski definition) is 4. The van der Waals surface area contributed by atoms with E-state index in [-0.39, 0.29) is 6.10 Å². The number of aliphatic hydroxyl groups excluding tert-OH is 1. The molecule has 4 heteroatoms. The lowest BCUT2D eigenvalue weighted by molar-refractivity contribution is 0.0253. The van der Waals surface area contributed by atoms with Gasteiger partial charge in [0.05, 0.1) is 12.2 Å². The Hall–Kier alpha value is -1.10. The van der Waals surface area contributed by atoms with E-state index in [4.69, 9.17) is 9.47 Å². The Morgan fingerprint density at radius 2 is 1.86 bits per heavy atom. The number of nitrogens with zero attached hydrogens (tertiary/aromatic N) is 1. The van der Waals surface area contributed by atoms with Gasteiger partial charge in [0.25, 0.3) is 0 Å². The lowest BCUT2D eigenvalue weighted by Gasteiger charge is -2.32. The van der Waals surface area contributed by atoms with Crippen molar-refractivity contribution in [2.75, 3.05) is 26.8 Å². The third-order valence-electron chi connectivity index (χ3n) is 3.91. The molecule has 0 saturated carbocycles. The van der Waals surface area contributed by atoms with Gasteiger partial charge in [-0.05, 0) is 51.4 Å². The SMILES string of the molecule is CC(C)Oc1ccc(C(O)CN(C)C2CCOCC2)cc1. The lowest BCUT2D eigenvalue weighted by atomic mass is 10.0. The van der Waals surface area contributed by atoms with Crippen molar-refractivity contribution in [1.29, 1.82) is 0 Å². The summed E-state index contributed by atoms with van der Waals surface area (Å²) < 4.78 is 11.0. The van der Waals surface area contributed by atoms with Crippen molar-refractivity contribution in [2.24, 2.45) is 0 Å². The fraction of sp³-hybridized carbons (Fsp3) is 0.647. The van der Waals surface area contributed by atoms with Crippen LogP contribution in [0.2, 0.25) is 0 Å². The maximum Gasteiger partial charge on any atom is 0.119 e. The summed E-state index contributed by atoms with van der Waals surface area (Å²) in [6.07, 6.45) is 1.79. The minimum Gasteiger partial charge on any atom is -0.491 e. The molecule has 0 radical (unpaired) electrons. The van der Waals surface area contributed by atoms with Gasteiger partial charge < -0.3 is 19.5 Å². The largest absolute Gasteiger partial charge is 0.491 e. The number of likely N-dealkylation sites (N-methyl/N-ethyl adjacent to an activating group) is 1. The zero-order chi connectivity index (χ0) is 15.2. The summed E-state index contributed by atoms with van der Waals surface area (Å²) in [4.78, 5) is 2.24. The van der Waals surface area contributed by atoms with Crippen LogP contribution in [0.3, 0.4) is 0 Å². The van der Waals surface area contributed by atoms with Crippen LogP contribution >= 0.6 is 0 Å². The number of aliphatic hydroxyl groups is 1. The van der Waals surface area contributed by atoms with E-state index in [0.29, 0.717) is 12.6 Å². The smallest absolute Gasteiger partial charge is 0.119 e. The number of hydrogen-bond donors (Lipinski definition) is 1. The molecule has 0 amide bonds. The summed E-state index contributed by atoms with van der Waals surface area (Å²) in [5.41, 5.74) is 0.935. The molecule has 1 aliphatic rings. The van der Waals surface area contributed by atoms with E-state index in [1.165, 1.54) is 0 Å². The van der Waals surface area contributed by atoms with E-state index < -0.39 is 6.10 Å². The van der Waals surface area contributed by atoms with Gasteiger partial charge in [-0.2, -0.15) is 0 Å². The topological polar surface area (TPSA) is 41.9 Å². The maximum absolute atomic E-state index is 10.4. The van der Waals surface area contributed by atoms with Gasteiger partial charge >= 0.3 is 0 Å². The van der Waals surface area contributed by atoms with Crippen LogP contribution in [-0.2, 0) is 4.74 Å².